The maximum absolute atomic E-state index is 5.17. The summed E-state index contributed by atoms with van der Waals surface area (Å²) in [5.41, 5.74) is 4.18. The summed E-state index contributed by atoms with van der Waals surface area (Å²) in [5.74, 6) is 0.910. The van der Waals surface area contributed by atoms with Crippen LogP contribution in [0, 0.1) is 0 Å². The van der Waals surface area contributed by atoms with Gasteiger partial charge in [0.2, 0.25) is 0 Å². The maximum atomic E-state index is 5.17. The van der Waals surface area contributed by atoms with Gasteiger partial charge in [-0.3, -0.25) is 0 Å². The molecule has 0 amide bonds. The molecule has 0 atom stereocenters. The second kappa shape index (κ2) is 6.64. The molecular formula is C18H22N2O. The van der Waals surface area contributed by atoms with E-state index in [1.54, 1.807) is 7.11 Å². The number of methoxy groups -OCH3 is 1. The van der Waals surface area contributed by atoms with Crippen LogP contribution in [0.3, 0.4) is 0 Å². The van der Waals surface area contributed by atoms with E-state index < -0.39 is 0 Å². The second-order valence-corrected chi connectivity index (χ2v) is 5.39. The number of benzene rings is 2. The van der Waals surface area contributed by atoms with Gasteiger partial charge in [-0.25, -0.2) is 0 Å². The van der Waals surface area contributed by atoms with Gasteiger partial charge in [-0.15, -0.1) is 0 Å². The van der Waals surface area contributed by atoms with Crippen LogP contribution in [0.25, 0.3) is 0 Å². The first-order valence-electron chi connectivity index (χ1n) is 7.53. The van der Waals surface area contributed by atoms with Crippen molar-refractivity contribution < 1.29 is 4.74 Å². The van der Waals surface area contributed by atoms with Crippen LogP contribution in [0.15, 0.2) is 48.5 Å². The quantitative estimate of drug-likeness (QED) is 0.825. The number of hydrogen-bond donors (Lipinski definition) is 1. The van der Waals surface area contributed by atoms with Crippen LogP contribution >= 0.6 is 0 Å². The highest BCUT2D eigenvalue weighted by molar-refractivity contribution is 5.57. The number of nitrogens with one attached hydrogen (secondary N) is 1. The minimum atomic E-state index is 0.902. The molecule has 0 saturated carbocycles. The molecule has 2 aromatic rings. The third-order valence-electron chi connectivity index (χ3n) is 4.03. The molecular weight excluding hydrogens is 260 g/mol. The second-order valence-electron chi connectivity index (χ2n) is 5.39. The lowest BCUT2D eigenvalue weighted by Crippen LogP contribution is -2.30. The van der Waals surface area contributed by atoms with Gasteiger partial charge in [-0.05, 0) is 35.7 Å². The van der Waals surface area contributed by atoms with Gasteiger partial charge >= 0.3 is 0 Å². The molecule has 0 aliphatic carbocycles. The maximum Gasteiger partial charge on any atom is 0.118 e. The standard InChI is InChI=1S/C18H22N2O/c1-21-17-8-6-15(7-9-17)14-19-11-13-20-12-10-16-4-2-3-5-18(16)20/h2-9,19H,10-14H2,1H3. The molecule has 1 heterocycles. The fraction of sp³-hybridized carbons (Fsp3) is 0.333. The van der Waals surface area contributed by atoms with Gasteiger partial charge in [0.15, 0.2) is 0 Å². The highest BCUT2D eigenvalue weighted by atomic mass is 16.5. The van der Waals surface area contributed by atoms with E-state index >= 15 is 0 Å². The fourth-order valence-corrected chi connectivity index (χ4v) is 2.83. The van der Waals surface area contributed by atoms with E-state index in [-0.39, 0.29) is 0 Å². The Morgan fingerprint density at radius 2 is 1.90 bits per heavy atom. The van der Waals surface area contributed by atoms with Gasteiger partial charge in [0.1, 0.15) is 5.75 Å². The predicted molar refractivity (Wildman–Crippen MR) is 87.1 cm³/mol. The van der Waals surface area contributed by atoms with Gasteiger partial charge in [0.05, 0.1) is 7.11 Å². The van der Waals surface area contributed by atoms with Crippen molar-refractivity contribution in [3.63, 3.8) is 0 Å². The predicted octanol–water partition coefficient (Wildman–Crippen LogP) is 2.85. The van der Waals surface area contributed by atoms with E-state index in [1.165, 1.54) is 23.2 Å². The Kier molecular flexibility index (Phi) is 4.41. The summed E-state index contributed by atoms with van der Waals surface area (Å²) >= 11 is 0. The Bertz CT molecular complexity index is 580. The largest absolute Gasteiger partial charge is 0.497 e. The van der Waals surface area contributed by atoms with Gasteiger partial charge in [0, 0.05) is 31.9 Å². The summed E-state index contributed by atoms with van der Waals surface area (Å²) in [7, 11) is 1.70. The molecule has 3 heteroatoms. The van der Waals surface area contributed by atoms with Gasteiger partial charge in [0.25, 0.3) is 0 Å². The zero-order valence-corrected chi connectivity index (χ0v) is 12.5. The van der Waals surface area contributed by atoms with Gasteiger partial charge < -0.3 is 15.0 Å². The molecule has 0 aromatic heterocycles. The fourth-order valence-electron chi connectivity index (χ4n) is 2.83. The van der Waals surface area contributed by atoms with Crippen LogP contribution in [-0.4, -0.2) is 26.7 Å². The molecule has 21 heavy (non-hydrogen) atoms. The third-order valence-corrected chi connectivity index (χ3v) is 4.03. The van der Waals surface area contributed by atoms with E-state index in [0.717, 1.165) is 31.9 Å². The summed E-state index contributed by atoms with van der Waals surface area (Å²) in [5, 5.41) is 3.51. The summed E-state index contributed by atoms with van der Waals surface area (Å²) in [4.78, 5) is 2.47. The molecule has 1 aliphatic heterocycles. The van der Waals surface area contributed by atoms with Crippen molar-refractivity contribution in [2.45, 2.75) is 13.0 Å². The minimum absolute atomic E-state index is 0.902. The Morgan fingerprint density at radius 3 is 2.71 bits per heavy atom. The smallest absolute Gasteiger partial charge is 0.118 e. The van der Waals surface area contributed by atoms with Crippen molar-refractivity contribution in [3.8, 4) is 5.75 Å². The number of fused-ring (bicyclic) bond motifs is 1. The van der Waals surface area contributed by atoms with Gasteiger partial charge in [-0.2, -0.15) is 0 Å². The van der Waals surface area contributed by atoms with Crippen molar-refractivity contribution in [1.82, 2.24) is 5.32 Å². The van der Waals surface area contributed by atoms with E-state index in [2.05, 4.69) is 46.6 Å². The number of para-hydroxylation sites is 1. The molecule has 0 spiro atoms. The lowest BCUT2D eigenvalue weighted by molar-refractivity contribution is 0.414. The monoisotopic (exact) mass is 282 g/mol. The molecule has 0 unspecified atom stereocenters. The Labute approximate surface area is 126 Å². The van der Waals surface area contributed by atoms with Crippen molar-refractivity contribution in [3.05, 3.63) is 59.7 Å². The number of ether oxygens (including phenoxy) is 1. The summed E-state index contributed by atoms with van der Waals surface area (Å²) in [6, 6.07) is 17.0. The summed E-state index contributed by atoms with van der Waals surface area (Å²) in [6.45, 7) is 4.11. The van der Waals surface area contributed by atoms with Crippen molar-refractivity contribution in [2.24, 2.45) is 0 Å². The topological polar surface area (TPSA) is 24.5 Å². The van der Waals surface area contributed by atoms with Gasteiger partial charge in [-0.1, -0.05) is 30.3 Å². The van der Waals surface area contributed by atoms with E-state index in [1.807, 2.05) is 12.1 Å². The number of nitrogens with zero attached hydrogens (tertiary/aromatic N) is 1. The van der Waals surface area contributed by atoms with Crippen molar-refractivity contribution in [1.29, 1.82) is 0 Å². The van der Waals surface area contributed by atoms with Crippen LogP contribution in [0.5, 0.6) is 5.75 Å². The molecule has 0 saturated heterocycles. The zero-order chi connectivity index (χ0) is 14.5. The van der Waals surface area contributed by atoms with Crippen molar-refractivity contribution >= 4 is 5.69 Å². The summed E-state index contributed by atoms with van der Waals surface area (Å²) in [6.07, 6.45) is 1.18. The SMILES string of the molecule is COc1ccc(CNCCN2CCc3ccccc32)cc1. The van der Waals surface area contributed by atoms with Crippen LogP contribution < -0.4 is 15.0 Å². The Morgan fingerprint density at radius 1 is 1.10 bits per heavy atom. The normalized spacial score (nSPS) is 13.3. The van der Waals surface area contributed by atoms with Crippen LogP contribution in [0.2, 0.25) is 0 Å². The molecule has 1 aliphatic rings. The van der Waals surface area contributed by atoms with E-state index in [9.17, 15) is 0 Å². The van der Waals surface area contributed by atoms with Crippen LogP contribution in [-0.2, 0) is 13.0 Å². The molecule has 110 valence electrons. The zero-order valence-electron chi connectivity index (χ0n) is 12.5. The molecule has 0 bridgehead atoms. The Balaban J connectivity index is 1.44. The molecule has 1 N–H and O–H groups in total. The first kappa shape index (κ1) is 14.0. The summed E-state index contributed by atoms with van der Waals surface area (Å²) < 4.78 is 5.17. The lowest BCUT2D eigenvalue weighted by atomic mass is 10.2. The molecule has 3 rings (SSSR count). The number of hydrogen-bond acceptors (Lipinski definition) is 3. The minimum Gasteiger partial charge on any atom is -0.497 e. The van der Waals surface area contributed by atoms with Crippen molar-refractivity contribution in [2.75, 3.05) is 31.6 Å². The highest BCUT2D eigenvalue weighted by Gasteiger charge is 2.17. The highest BCUT2D eigenvalue weighted by Crippen LogP contribution is 2.26. The number of rotatable bonds is 6. The molecule has 3 nitrogen and oxygen atoms in total. The molecule has 0 fully saturated rings. The Hall–Kier alpha value is -2.00. The van der Waals surface area contributed by atoms with E-state index in [4.69, 9.17) is 4.74 Å². The average molecular weight is 282 g/mol. The van der Waals surface area contributed by atoms with Crippen LogP contribution in [0.1, 0.15) is 11.1 Å². The third kappa shape index (κ3) is 3.37. The first-order chi connectivity index (χ1) is 10.4. The molecule has 0 radical (unpaired) electrons. The molecule has 2 aromatic carbocycles. The lowest BCUT2D eigenvalue weighted by Gasteiger charge is -2.19. The first-order valence-corrected chi connectivity index (χ1v) is 7.53. The van der Waals surface area contributed by atoms with Crippen LogP contribution in [0.4, 0.5) is 5.69 Å². The van der Waals surface area contributed by atoms with E-state index in [0.29, 0.717) is 0 Å². The average Bonchev–Trinajstić information content (AvgIpc) is 2.95. The number of anilines is 1.